The molecule has 0 aliphatic rings. The van der Waals surface area contributed by atoms with Gasteiger partial charge in [-0.2, -0.15) is 4.98 Å². The van der Waals surface area contributed by atoms with E-state index < -0.39 is 0 Å². The molecule has 5 heteroatoms. The lowest BCUT2D eigenvalue weighted by atomic mass is 10.3. The summed E-state index contributed by atoms with van der Waals surface area (Å²) in [6, 6.07) is 1.76. The second kappa shape index (κ2) is 7.00. The maximum absolute atomic E-state index is 5.47. The van der Waals surface area contributed by atoms with Crippen LogP contribution in [0.5, 0.6) is 5.88 Å². The molecule has 0 spiro atoms. The topological polar surface area (TPSA) is 73.1 Å². The van der Waals surface area contributed by atoms with Crippen molar-refractivity contribution >= 4 is 5.95 Å². The minimum Gasteiger partial charge on any atom is -0.475 e. The number of anilines is 1. The molecule has 1 aromatic rings. The maximum atomic E-state index is 5.47. The monoisotopic (exact) mass is 224 g/mol. The van der Waals surface area contributed by atoms with Crippen LogP contribution in [0.25, 0.3) is 0 Å². The molecule has 0 saturated heterocycles. The largest absolute Gasteiger partial charge is 0.475 e. The Morgan fingerprint density at radius 1 is 1.44 bits per heavy atom. The number of ether oxygens (including phenoxy) is 1. The Labute approximate surface area is 96.4 Å². The van der Waals surface area contributed by atoms with E-state index in [9.17, 15) is 0 Å². The summed E-state index contributed by atoms with van der Waals surface area (Å²) >= 11 is 0. The summed E-state index contributed by atoms with van der Waals surface area (Å²) in [7, 11) is 0. The molecule has 0 bridgehead atoms. The van der Waals surface area contributed by atoms with Gasteiger partial charge < -0.3 is 15.8 Å². The van der Waals surface area contributed by atoms with Crippen LogP contribution in [0.1, 0.15) is 26.7 Å². The second-order valence-electron chi connectivity index (χ2n) is 3.81. The molecular formula is C11H20N4O. The number of rotatable bonds is 7. The number of nitrogens with zero attached hydrogens (tertiary/aromatic N) is 2. The van der Waals surface area contributed by atoms with Gasteiger partial charge in [0.05, 0.1) is 6.10 Å². The second-order valence-corrected chi connectivity index (χ2v) is 3.81. The zero-order valence-electron chi connectivity index (χ0n) is 9.94. The van der Waals surface area contributed by atoms with E-state index in [0.29, 0.717) is 11.8 Å². The van der Waals surface area contributed by atoms with E-state index >= 15 is 0 Å². The molecule has 0 atom stereocenters. The van der Waals surface area contributed by atoms with Crippen LogP contribution in [-0.2, 0) is 0 Å². The Hall–Kier alpha value is -1.36. The van der Waals surface area contributed by atoms with Gasteiger partial charge in [0.1, 0.15) is 0 Å². The van der Waals surface area contributed by atoms with E-state index in [0.717, 1.165) is 25.9 Å². The van der Waals surface area contributed by atoms with E-state index in [4.69, 9.17) is 10.5 Å². The van der Waals surface area contributed by atoms with Crippen molar-refractivity contribution in [3.8, 4) is 5.88 Å². The first-order chi connectivity index (χ1) is 7.72. The van der Waals surface area contributed by atoms with E-state index in [1.165, 1.54) is 0 Å². The fraction of sp³-hybridized carbons (Fsp3) is 0.636. The van der Waals surface area contributed by atoms with Crippen molar-refractivity contribution in [3.63, 3.8) is 0 Å². The third-order valence-electron chi connectivity index (χ3n) is 1.90. The van der Waals surface area contributed by atoms with Gasteiger partial charge in [0.15, 0.2) is 0 Å². The molecule has 5 nitrogen and oxygen atoms in total. The first-order valence-corrected chi connectivity index (χ1v) is 5.66. The molecule has 0 aromatic carbocycles. The first kappa shape index (κ1) is 12.7. The first-order valence-electron chi connectivity index (χ1n) is 5.66. The van der Waals surface area contributed by atoms with Crippen LogP contribution < -0.4 is 15.8 Å². The lowest BCUT2D eigenvalue weighted by Gasteiger charge is -2.09. The van der Waals surface area contributed by atoms with Crippen LogP contribution in [0.15, 0.2) is 12.3 Å². The van der Waals surface area contributed by atoms with Gasteiger partial charge in [-0.05, 0) is 33.2 Å². The zero-order valence-corrected chi connectivity index (χ0v) is 9.94. The van der Waals surface area contributed by atoms with Crippen molar-refractivity contribution in [2.45, 2.75) is 32.8 Å². The molecule has 0 amide bonds. The number of hydrogen-bond acceptors (Lipinski definition) is 5. The number of aromatic nitrogens is 2. The van der Waals surface area contributed by atoms with Crippen LogP contribution in [0.3, 0.4) is 0 Å². The Kier molecular flexibility index (Phi) is 5.56. The van der Waals surface area contributed by atoms with E-state index in [2.05, 4.69) is 15.3 Å². The fourth-order valence-electron chi connectivity index (χ4n) is 1.20. The molecule has 0 unspecified atom stereocenters. The molecule has 90 valence electrons. The predicted octanol–water partition coefficient (Wildman–Crippen LogP) is 1.41. The van der Waals surface area contributed by atoms with Gasteiger partial charge in [-0.1, -0.05) is 0 Å². The Balaban J connectivity index is 2.41. The Morgan fingerprint density at radius 2 is 2.25 bits per heavy atom. The van der Waals surface area contributed by atoms with Gasteiger partial charge in [0.25, 0.3) is 0 Å². The van der Waals surface area contributed by atoms with E-state index in [1.54, 1.807) is 12.3 Å². The van der Waals surface area contributed by atoms with Crippen molar-refractivity contribution in [2.24, 2.45) is 5.73 Å². The number of nitrogens with two attached hydrogens (primary N) is 1. The third kappa shape index (κ3) is 4.93. The van der Waals surface area contributed by atoms with E-state index in [1.807, 2.05) is 13.8 Å². The van der Waals surface area contributed by atoms with Gasteiger partial charge in [-0.25, -0.2) is 4.98 Å². The smallest absolute Gasteiger partial charge is 0.225 e. The third-order valence-corrected chi connectivity index (χ3v) is 1.90. The SMILES string of the molecule is CC(C)Oc1ccnc(NCCCCN)n1. The Bertz CT molecular complexity index is 304. The lowest BCUT2D eigenvalue weighted by molar-refractivity contribution is 0.232. The number of nitrogens with one attached hydrogen (secondary N) is 1. The quantitative estimate of drug-likeness (QED) is 0.685. The van der Waals surface area contributed by atoms with Gasteiger partial charge in [-0.3, -0.25) is 0 Å². The van der Waals surface area contributed by atoms with Gasteiger partial charge >= 0.3 is 0 Å². The summed E-state index contributed by atoms with van der Waals surface area (Å²) in [5, 5.41) is 3.14. The average molecular weight is 224 g/mol. The summed E-state index contributed by atoms with van der Waals surface area (Å²) in [4.78, 5) is 8.35. The van der Waals surface area contributed by atoms with Gasteiger partial charge in [-0.15, -0.1) is 0 Å². The van der Waals surface area contributed by atoms with Crippen LogP contribution in [0, 0.1) is 0 Å². The number of hydrogen-bond donors (Lipinski definition) is 2. The molecule has 0 fully saturated rings. The molecule has 1 rings (SSSR count). The summed E-state index contributed by atoms with van der Waals surface area (Å²) in [5.74, 6) is 1.21. The summed E-state index contributed by atoms with van der Waals surface area (Å²) in [5.41, 5.74) is 5.41. The summed E-state index contributed by atoms with van der Waals surface area (Å²) < 4.78 is 5.47. The van der Waals surface area contributed by atoms with Crippen molar-refractivity contribution < 1.29 is 4.74 Å². The molecule has 0 aliphatic carbocycles. The molecule has 1 heterocycles. The minimum atomic E-state index is 0.125. The van der Waals surface area contributed by atoms with Crippen LogP contribution in [0.2, 0.25) is 0 Å². The van der Waals surface area contributed by atoms with Crippen molar-refractivity contribution in [3.05, 3.63) is 12.3 Å². The van der Waals surface area contributed by atoms with Crippen molar-refractivity contribution in [1.29, 1.82) is 0 Å². The molecule has 16 heavy (non-hydrogen) atoms. The van der Waals surface area contributed by atoms with Gasteiger partial charge in [0.2, 0.25) is 11.8 Å². The maximum Gasteiger partial charge on any atom is 0.225 e. The molecule has 0 radical (unpaired) electrons. The van der Waals surface area contributed by atoms with Crippen molar-refractivity contribution in [2.75, 3.05) is 18.4 Å². The molecule has 0 saturated carbocycles. The molecule has 0 aliphatic heterocycles. The fourth-order valence-corrected chi connectivity index (χ4v) is 1.20. The summed E-state index contributed by atoms with van der Waals surface area (Å²) in [6.45, 7) is 5.49. The number of unbranched alkanes of at least 4 members (excludes halogenated alkanes) is 1. The highest BCUT2D eigenvalue weighted by molar-refractivity contribution is 5.27. The van der Waals surface area contributed by atoms with E-state index in [-0.39, 0.29) is 6.10 Å². The highest BCUT2D eigenvalue weighted by Crippen LogP contribution is 2.10. The average Bonchev–Trinajstić information content (AvgIpc) is 2.24. The standard InChI is InChI=1S/C11H20N4O/c1-9(2)16-10-5-8-14-11(15-10)13-7-4-3-6-12/h5,8-9H,3-4,6-7,12H2,1-2H3,(H,13,14,15). The normalized spacial score (nSPS) is 10.5. The molecule has 1 aromatic heterocycles. The predicted molar refractivity (Wildman–Crippen MR) is 64.6 cm³/mol. The minimum absolute atomic E-state index is 0.125. The summed E-state index contributed by atoms with van der Waals surface area (Å²) in [6.07, 6.45) is 3.85. The highest BCUT2D eigenvalue weighted by atomic mass is 16.5. The lowest BCUT2D eigenvalue weighted by Crippen LogP contribution is -2.10. The highest BCUT2D eigenvalue weighted by Gasteiger charge is 2.01. The van der Waals surface area contributed by atoms with Crippen molar-refractivity contribution in [1.82, 2.24) is 9.97 Å². The van der Waals surface area contributed by atoms with Gasteiger partial charge in [0, 0.05) is 18.8 Å². The van der Waals surface area contributed by atoms with Crippen LogP contribution in [-0.4, -0.2) is 29.2 Å². The van der Waals surface area contributed by atoms with Crippen LogP contribution >= 0.6 is 0 Å². The Morgan fingerprint density at radius 3 is 2.94 bits per heavy atom. The molecule has 3 N–H and O–H groups in total. The molecular weight excluding hydrogens is 204 g/mol. The van der Waals surface area contributed by atoms with Crippen LogP contribution in [0.4, 0.5) is 5.95 Å². The zero-order chi connectivity index (χ0) is 11.8.